The molecule has 0 N–H and O–H groups in total. The van der Waals surface area contributed by atoms with E-state index in [1.165, 1.54) is 10.9 Å². The van der Waals surface area contributed by atoms with Crippen LogP contribution in [0.15, 0.2) is 24.3 Å². The van der Waals surface area contributed by atoms with Crippen LogP contribution in [0.4, 0.5) is 5.69 Å². The first-order valence-electron chi connectivity index (χ1n) is 3.69. The lowest BCUT2D eigenvalue weighted by Crippen LogP contribution is -2.15. The van der Waals surface area contributed by atoms with Crippen LogP contribution in [0.25, 0.3) is 0 Å². The van der Waals surface area contributed by atoms with Gasteiger partial charge in [-0.15, -0.1) is 0 Å². The molecule has 0 spiro atoms. The van der Waals surface area contributed by atoms with Gasteiger partial charge < -0.3 is 4.90 Å². The van der Waals surface area contributed by atoms with E-state index < -0.39 is 0 Å². The van der Waals surface area contributed by atoms with Crippen LogP contribution in [0, 0.1) is 0 Å². The van der Waals surface area contributed by atoms with E-state index >= 15 is 0 Å². The van der Waals surface area contributed by atoms with E-state index in [9.17, 15) is 0 Å². The topological polar surface area (TPSA) is 3.24 Å². The highest BCUT2D eigenvalue weighted by molar-refractivity contribution is 6.52. The number of rotatable bonds is 2. The summed E-state index contributed by atoms with van der Waals surface area (Å²) >= 11 is 0. The maximum Gasteiger partial charge on any atom is 0.0774 e. The predicted molar refractivity (Wildman–Crippen MR) is 52.0 cm³/mol. The standard InChI is InChI=1S/C9H13NSi/c1-10(2)8-5-4-6-9(7-8)11-3/h4-7H,1-3H3. The largest absolute Gasteiger partial charge is 0.378 e. The summed E-state index contributed by atoms with van der Waals surface area (Å²) < 4.78 is 0. The first-order valence-corrected chi connectivity index (χ1v) is 5.19. The molecular weight excluding hydrogens is 150 g/mol. The van der Waals surface area contributed by atoms with Gasteiger partial charge in [-0.25, -0.2) is 0 Å². The Morgan fingerprint density at radius 3 is 2.55 bits per heavy atom. The first-order chi connectivity index (χ1) is 5.24. The van der Waals surface area contributed by atoms with Gasteiger partial charge in [-0.1, -0.05) is 23.9 Å². The molecule has 0 saturated carbocycles. The Labute approximate surface area is 70.9 Å². The summed E-state index contributed by atoms with van der Waals surface area (Å²) in [4.78, 5) is 2.13. The highest BCUT2D eigenvalue weighted by atomic mass is 28.2. The fourth-order valence-electron chi connectivity index (χ4n) is 0.940. The van der Waals surface area contributed by atoms with Crippen LogP contribution < -0.4 is 10.1 Å². The molecule has 0 bridgehead atoms. The van der Waals surface area contributed by atoms with Crippen molar-refractivity contribution >= 4 is 20.4 Å². The zero-order chi connectivity index (χ0) is 8.27. The van der Waals surface area contributed by atoms with Gasteiger partial charge in [-0.3, -0.25) is 0 Å². The Hall–Kier alpha value is -0.763. The Morgan fingerprint density at radius 1 is 1.27 bits per heavy atom. The van der Waals surface area contributed by atoms with Gasteiger partial charge in [0.15, 0.2) is 0 Å². The van der Waals surface area contributed by atoms with Gasteiger partial charge in [0.1, 0.15) is 0 Å². The molecule has 0 amide bonds. The molecule has 0 aliphatic heterocycles. The van der Waals surface area contributed by atoms with E-state index in [0.717, 1.165) is 9.52 Å². The van der Waals surface area contributed by atoms with Crippen LogP contribution in [-0.2, 0) is 0 Å². The molecule has 0 heterocycles. The normalized spacial score (nSPS) is 9.73. The maximum atomic E-state index is 2.23. The molecular formula is C9H13NSi. The molecule has 1 aromatic rings. The van der Waals surface area contributed by atoms with Crippen molar-refractivity contribution in [3.63, 3.8) is 0 Å². The van der Waals surface area contributed by atoms with Crippen molar-refractivity contribution in [1.82, 2.24) is 0 Å². The van der Waals surface area contributed by atoms with Crippen molar-refractivity contribution in [2.24, 2.45) is 0 Å². The lowest BCUT2D eigenvalue weighted by molar-refractivity contribution is 1.13. The molecule has 0 aliphatic carbocycles. The second-order valence-corrected chi connectivity index (χ2v) is 3.77. The quantitative estimate of drug-likeness (QED) is 0.591. The summed E-state index contributed by atoms with van der Waals surface area (Å²) in [5, 5.41) is 1.43. The average molecular weight is 163 g/mol. The molecule has 0 aromatic heterocycles. The van der Waals surface area contributed by atoms with Gasteiger partial charge in [0.2, 0.25) is 0 Å². The molecule has 11 heavy (non-hydrogen) atoms. The minimum absolute atomic E-state index is 0.892. The molecule has 58 valence electrons. The fraction of sp³-hybridized carbons (Fsp3) is 0.333. The summed E-state index contributed by atoms with van der Waals surface area (Å²) in [6.07, 6.45) is 0. The van der Waals surface area contributed by atoms with E-state index in [1.54, 1.807) is 0 Å². The monoisotopic (exact) mass is 163 g/mol. The smallest absolute Gasteiger partial charge is 0.0774 e. The number of hydrogen-bond donors (Lipinski definition) is 0. The Kier molecular flexibility index (Phi) is 2.71. The van der Waals surface area contributed by atoms with Crippen LogP contribution in [0.5, 0.6) is 0 Å². The Morgan fingerprint density at radius 2 is 2.00 bits per heavy atom. The Balaban J connectivity index is 2.91. The minimum atomic E-state index is 0.892. The Bertz CT molecular complexity index is 233. The first kappa shape index (κ1) is 8.33. The fourth-order valence-corrected chi connectivity index (χ4v) is 1.49. The third-order valence-electron chi connectivity index (χ3n) is 1.65. The highest BCUT2D eigenvalue weighted by Gasteiger charge is 1.94. The van der Waals surface area contributed by atoms with Gasteiger partial charge in [-0.2, -0.15) is 0 Å². The van der Waals surface area contributed by atoms with E-state index in [2.05, 4.69) is 49.8 Å². The van der Waals surface area contributed by atoms with Crippen LogP contribution in [0.3, 0.4) is 0 Å². The van der Waals surface area contributed by atoms with E-state index in [4.69, 9.17) is 0 Å². The van der Waals surface area contributed by atoms with Crippen molar-refractivity contribution in [1.29, 1.82) is 0 Å². The summed E-state index contributed by atoms with van der Waals surface area (Å²) in [5.41, 5.74) is 1.29. The van der Waals surface area contributed by atoms with Gasteiger partial charge >= 0.3 is 0 Å². The molecule has 0 atom stereocenters. The van der Waals surface area contributed by atoms with Crippen molar-refractivity contribution in [2.75, 3.05) is 19.0 Å². The zero-order valence-electron chi connectivity index (χ0n) is 7.26. The second-order valence-electron chi connectivity index (χ2n) is 2.69. The van der Waals surface area contributed by atoms with Crippen molar-refractivity contribution in [2.45, 2.75) is 6.55 Å². The average Bonchev–Trinajstić information content (AvgIpc) is 2.05. The molecule has 0 saturated heterocycles. The molecule has 1 rings (SSSR count). The summed E-state index contributed by atoms with van der Waals surface area (Å²) in [7, 11) is 5.03. The lowest BCUT2D eigenvalue weighted by Gasteiger charge is -2.12. The molecule has 0 unspecified atom stereocenters. The summed E-state index contributed by atoms with van der Waals surface area (Å²) in [5.74, 6) is 0. The molecule has 1 nitrogen and oxygen atoms in total. The van der Waals surface area contributed by atoms with Gasteiger partial charge in [0, 0.05) is 19.8 Å². The second kappa shape index (κ2) is 3.58. The number of nitrogens with zero attached hydrogens (tertiary/aromatic N) is 1. The third-order valence-corrected chi connectivity index (χ3v) is 2.54. The van der Waals surface area contributed by atoms with E-state index in [0.29, 0.717) is 0 Å². The molecule has 1 aromatic carbocycles. The zero-order valence-corrected chi connectivity index (χ0v) is 8.26. The third kappa shape index (κ3) is 2.08. The minimum Gasteiger partial charge on any atom is -0.378 e. The lowest BCUT2D eigenvalue weighted by atomic mass is 10.3. The van der Waals surface area contributed by atoms with Gasteiger partial charge in [0.05, 0.1) is 9.52 Å². The summed E-state index contributed by atoms with van der Waals surface area (Å²) in [6, 6.07) is 8.65. The van der Waals surface area contributed by atoms with Crippen molar-refractivity contribution in [3.8, 4) is 0 Å². The van der Waals surface area contributed by atoms with Crippen LogP contribution >= 0.6 is 0 Å². The van der Waals surface area contributed by atoms with E-state index in [-0.39, 0.29) is 0 Å². The SMILES string of the molecule is C[Si]c1cccc(N(C)C)c1. The molecule has 2 heteroatoms. The van der Waals surface area contributed by atoms with Crippen molar-refractivity contribution < 1.29 is 0 Å². The number of hydrogen-bond acceptors (Lipinski definition) is 1. The number of anilines is 1. The molecule has 0 fully saturated rings. The highest BCUT2D eigenvalue weighted by Crippen LogP contribution is 2.06. The number of benzene rings is 1. The van der Waals surface area contributed by atoms with E-state index in [1.807, 2.05) is 0 Å². The summed E-state index contributed by atoms with van der Waals surface area (Å²) in [6.45, 7) is 2.20. The van der Waals surface area contributed by atoms with Crippen molar-refractivity contribution in [3.05, 3.63) is 24.3 Å². The molecule has 2 radical (unpaired) electrons. The van der Waals surface area contributed by atoms with Gasteiger partial charge in [-0.05, 0) is 12.1 Å². The molecule has 0 aliphatic rings. The van der Waals surface area contributed by atoms with Crippen LogP contribution in [0.1, 0.15) is 0 Å². The maximum absolute atomic E-state index is 2.23. The van der Waals surface area contributed by atoms with Crippen LogP contribution in [0.2, 0.25) is 6.55 Å². The van der Waals surface area contributed by atoms with Gasteiger partial charge in [0.25, 0.3) is 0 Å². The predicted octanol–water partition coefficient (Wildman–Crippen LogP) is 1.13. The van der Waals surface area contributed by atoms with Crippen LogP contribution in [-0.4, -0.2) is 23.6 Å².